The molecule has 0 aliphatic heterocycles. The number of likely N-dealkylation sites (N-methyl/N-ethyl adjacent to an activating group) is 1. The highest BCUT2D eigenvalue weighted by Gasteiger charge is 2.63. The van der Waals surface area contributed by atoms with Crippen LogP contribution < -0.4 is 0 Å². The van der Waals surface area contributed by atoms with Gasteiger partial charge in [-0.05, 0) is 31.9 Å². The van der Waals surface area contributed by atoms with E-state index in [2.05, 4.69) is 6.92 Å². The highest BCUT2D eigenvalue weighted by Crippen LogP contribution is 2.57. The summed E-state index contributed by atoms with van der Waals surface area (Å²) in [6.45, 7) is 3.97. The van der Waals surface area contributed by atoms with Crippen molar-refractivity contribution in [1.82, 2.24) is 4.31 Å². The van der Waals surface area contributed by atoms with Gasteiger partial charge in [0.25, 0.3) is 0 Å². The molecule has 21 heavy (non-hydrogen) atoms. The molecule has 0 saturated heterocycles. The van der Waals surface area contributed by atoms with Gasteiger partial charge in [0.1, 0.15) is 0 Å². The zero-order valence-corrected chi connectivity index (χ0v) is 13.5. The number of hydrogen-bond donors (Lipinski definition) is 0. The van der Waals surface area contributed by atoms with E-state index in [1.165, 1.54) is 11.4 Å². The summed E-state index contributed by atoms with van der Waals surface area (Å²) in [5.41, 5.74) is 0.836. The average molecular weight is 307 g/mol. The van der Waals surface area contributed by atoms with Crippen LogP contribution in [-0.2, 0) is 14.8 Å². The number of nitrogens with zero attached hydrogens (tertiary/aromatic N) is 1. The van der Waals surface area contributed by atoms with Crippen LogP contribution in [0.4, 0.5) is 0 Å². The van der Waals surface area contributed by atoms with Gasteiger partial charge < -0.3 is 0 Å². The van der Waals surface area contributed by atoms with E-state index in [0.29, 0.717) is 0 Å². The molecule has 3 atom stereocenters. The van der Waals surface area contributed by atoms with Crippen LogP contribution in [0.15, 0.2) is 29.2 Å². The average Bonchev–Trinajstić information content (AvgIpc) is 2.76. The first-order valence-corrected chi connectivity index (χ1v) is 8.81. The lowest BCUT2D eigenvalue weighted by Crippen LogP contribution is -2.65. The fourth-order valence-electron chi connectivity index (χ4n) is 4.01. The molecule has 0 spiro atoms. The van der Waals surface area contributed by atoms with Gasteiger partial charge in [-0.3, -0.25) is 4.79 Å². The summed E-state index contributed by atoms with van der Waals surface area (Å²) in [5, 5.41) is 0. The Hall–Kier alpha value is -1.20. The predicted molar refractivity (Wildman–Crippen MR) is 80.4 cm³/mol. The van der Waals surface area contributed by atoms with Gasteiger partial charge in [-0.15, -0.1) is 0 Å². The van der Waals surface area contributed by atoms with E-state index in [1.807, 2.05) is 6.92 Å². The molecule has 1 aromatic carbocycles. The minimum atomic E-state index is -3.61. The van der Waals surface area contributed by atoms with Crippen LogP contribution in [-0.4, -0.2) is 31.6 Å². The molecule has 2 aliphatic rings. The molecule has 0 bridgehead atoms. The van der Waals surface area contributed by atoms with Crippen molar-refractivity contribution in [3.8, 4) is 0 Å². The molecule has 2 saturated carbocycles. The number of ketones is 1. The van der Waals surface area contributed by atoms with Crippen LogP contribution in [0.5, 0.6) is 0 Å². The molecular formula is C16H21NO3S. The standard InChI is InChI=1S/C16H21NO3S/c1-11-6-8-12(9-7-11)21(19,20)17(3)15-14(18)13-5-4-10-16(13,15)2/h6-9,13,15H,4-5,10H2,1-3H3/t13-,15-,16-/m1/s1. The molecule has 2 fully saturated rings. The zero-order valence-electron chi connectivity index (χ0n) is 12.7. The van der Waals surface area contributed by atoms with Crippen molar-refractivity contribution in [3.05, 3.63) is 29.8 Å². The van der Waals surface area contributed by atoms with Gasteiger partial charge in [0, 0.05) is 18.4 Å². The number of carbonyl (C=O) groups excluding carboxylic acids is 1. The fraction of sp³-hybridized carbons (Fsp3) is 0.562. The molecule has 0 radical (unpaired) electrons. The third kappa shape index (κ3) is 1.98. The van der Waals surface area contributed by atoms with E-state index in [-0.39, 0.29) is 22.0 Å². The second kappa shape index (κ2) is 4.65. The first-order valence-electron chi connectivity index (χ1n) is 7.37. The van der Waals surface area contributed by atoms with E-state index in [0.717, 1.165) is 24.8 Å². The SMILES string of the molecule is Cc1ccc(S(=O)(=O)N(C)[C@@H]2C(=O)[C@H]3CCC[C@]32C)cc1. The number of rotatable bonds is 3. The number of Topliss-reactive ketones (excluding diaryl/α,β-unsaturated/α-hetero) is 1. The predicted octanol–water partition coefficient (Wildman–Crippen LogP) is 2.37. The molecule has 4 nitrogen and oxygen atoms in total. The summed E-state index contributed by atoms with van der Waals surface area (Å²) in [6, 6.07) is 6.28. The summed E-state index contributed by atoms with van der Waals surface area (Å²) in [5.74, 6) is 0.145. The van der Waals surface area contributed by atoms with Crippen LogP contribution >= 0.6 is 0 Å². The maximum atomic E-state index is 12.7. The Kier molecular flexibility index (Phi) is 3.26. The first kappa shape index (κ1) is 14.7. The van der Waals surface area contributed by atoms with Gasteiger partial charge >= 0.3 is 0 Å². The molecule has 2 aliphatic carbocycles. The van der Waals surface area contributed by atoms with Crippen molar-refractivity contribution in [2.24, 2.45) is 11.3 Å². The Labute approximate surface area is 126 Å². The van der Waals surface area contributed by atoms with Gasteiger partial charge in [0.2, 0.25) is 10.0 Å². The van der Waals surface area contributed by atoms with E-state index >= 15 is 0 Å². The monoisotopic (exact) mass is 307 g/mol. The van der Waals surface area contributed by atoms with E-state index < -0.39 is 16.1 Å². The van der Waals surface area contributed by atoms with Crippen LogP contribution in [0.1, 0.15) is 31.7 Å². The topological polar surface area (TPSA) is 54.5 Å². The minimum absolute atomic E-state index is 0.0539. The molecule has 114 valence electrons. The fourth-order valence-corrected chi connectivity index (χ4v) is 5.45. The summed E-state index contributed by atoms with van der Waals surface area (Å²) in [7, 11) is -2.07. The van der Waals surface area contributed by atoms with Gasteiger partial charge in [0.15, 0.2) is 5.78 Å². The van der Waals surface area contributed by atoms with Gasteiger partial charge in [-0.2, -0.15) is 4.31 Å². The van der Waals surface area contributed by atoms with E-state index in [9.17, 15) is 13.2 Å². The highest BCUT2D eigenvalue weighted by molar-refractivity contribution is 7.89. The molecule has 0 heterocycles. The Morgan fingerprint density at radius 3 is 2.48 bits per heavy atom. The van der Waals surface area contributed by atoms with Crippen molar-refractivity contribution < 1.29 is 13.2 Å². The number of sulfonamides is 1. The second-order valence-electron chi connectivity index (χ2n) is 6.59. The lowest BCUT2D eigenvalue weighted by atomic mass is 9.58. The Balaban J connectivity index is 1.93. The van der Waals surface area contributed by atoms with Crippen molar-refractivity contribution in [1.29, 1.82) is 0 Å². The number of hydrogen-bond acceptors (Lipinski definition) is 3. The molecule has 0 unspecified atom stereocenters. The van der Waals surface area contributed by atoms with Crippen molar-refractivity contribution >= 4 is 15.8 Å². The van der Waals surface area contributed by atoms with Crippen molar-refractivity contribution in [3.63, 3.8) is 0 Å². The zero-order chi connectivity index (χ0) is 15.4. The summed E-state index contributed by atoms with van der Waals surface area (Å²) < 4.78 is 26.7. The number of aryl methyl sites for hydroxylation is 1. The van der Waals surface area contributed by atoms with Gasteiger partial charge in [-0.1, -0.05) is 31.0 Å². The van der Waals surface area contributed by atoms with Crippen molar-refractivity contribution in [2.45, 2.75) is 44.0 Å². The van der Waals surface area contributed by atoms with Crippen LogP contribution in [0.3, 0.4) is 0 Å². The van der Waals surface area contributed by atoms with Gasteiger partial charge in [0.05, 0.1) is 10.9 Å². The molecule has 0 amide bonds. The van der Waals surface area contributed by atoms with E-state index in [4.69, 9.17) is 0 Å². The van der Waals surface area contributed by atoms with Crippen LogP contribution in [0, 0.1) is 18.3 Å². The minimum Gasteiger partial charge on any atom is -0.298 e. The number of carbonyl (C=O) groups is 1. The maximum Gasteiger partial charge on any atom is 0.243 e. The summed E-state index contributed by atoms with van der Waals surface area (Å²) in [6.07, 6.45) is 2.86. The molecule has 3 rings (SSSR count). The first-order chi connectivity index (χ1) is 9.78. The maximum absolute atomic E-state index is 12.7. The largest absolute Gasteiger partial charge is 0.298 e. The Morgan fingerprint density at radius 1 is 1.24 bits per heavy atom. The summed E-state index contributed by atoms with van der Waals surface area (Å²) >= 11 is 0. The highest BCUT2D eigenvalue weighted by atomic mass is 32.2. The lowest BCUT2D eigenvalue weighted by Gasteiger charge is -2.51. The number of fused-ring (bicyclic) bond motifs is 1. The number of benzene rings is 1. The third-order valence-corrected chi connectivity index (χ3v) is 7.14. The van der Waals surface area contributed by atoms with Crippen molar-refractivity contribution in [2.75, 3.05) is 7.05 Å². The smallest absolute Gasteiger partial charge is 0.243 e. The quantitative estimate of drug-likeness (QED) is 0.861. The summed E-state index contributed by atoms with van der Waals surface area (Å²) in [4.78, 5) is 12.6. The molecular weight excluding hydrogens is 286 g/mol. The third-order valence-electron chi connectivity index (χ3n) is 5.30. The van der Waals surface area contributed by atoms with Crippen LogP contribution in [0.25, 0.3) is 0 Å². The second-order valence-corrected chi connectivity index (χ2v) is 8.59. The normalized spacial score (nSPS) is 32.1. The van der Waals surface area contributed by atoms with Crippen LogP contribution in [0.2, 0.25) is 0 Å². The Bertz CT molecular complexity index is 680. The molecule has 0 N–H and O–H groups in total. The molecule has 1 aromatic rings. The Morgan fingerprint density at radius 2 is 1.86 bits per heavy atom. The van der Waals surface area contributed by atoms with Gasteiger partial charge in [-0.25, -0.2) is 8.42 Å². The van der Waals surface area contributed by atoms with E-state index in [1.54, 1.807) is 24.3 Å². The molecule has 5 heteroatoms. The molecule has 0 aromatic heterocycles. The lowest BCUT2D eigenvalue weighted by molar-refractivity contribution is -0.149.